The lowest BCUT2D eigenvalue weighted by molar-refractivity contribution is 0.155. The first kappa shape index (κ1) is 19.2. The maximum atomic E-state index is 9.80. The second kappa shape index (κ2) is 8.30. The minimum Gasteiger partial charge on any atom is -0.407 e. The average Bonchev–Trinajstić information content (AvgIpc) is 2.59. The number of aliphatic hydroxyl groups is 1. The Morgan fingerprint density at radius 1 is 0.958 bits per heavy atom. The van der Waals surface area contributed by atoms with Crippen molar-refractivity contribution in [1.29, 1.82) is 0 Å². The third kappa shape index (κ3) is 4.09. The molecule has 0 spiro atoms. The maximum Gasteiger partial charge on any atom is 0.261 e. The van der Waals surface area contributed by atoms with E-state index in [1.165, 1.54) is 10.4 Å². The number of benzene rings is 2. The van der Waals surface area contributed by atoms with E-state index in [1.807, 2.05) is 12.1 Å². The van der Waals surface area contributed by atoms with Gasteiger partial charge in [0.2, 0.25) is 0 Å². The molecule has 2 nitrogen and oxygen atoms in total. The Bertz CT molecular complexity index is 571. The van der Waals surface area contributed by atoms with E-state index in [4.69, 9.17) is 16.0 Å². The van der Waals surface area contributed by atoms with Gasteiger partial charge in [0.15, 0.2) is 0 Å². The summed E-state index contributed by atoms with van der Waals surface area (Å²) in [4.78, 5) is 0. The minimum atomic E-state index is -2.48. The molecule has 2 rings (SSSR count). The van der Waals surface area contributed by atoms with Crippen molar-refractivity contribution in [2.75, 3.05) is 12.5 Å². The van der Waals surface area contributed by atoms with E-state index in [0.29, 0.717) is 13.0 Å². The molecule has 24 heavy (non-hydrogen) atoms. The number of hydrogen-bond acceptors (Lipinski definition) is 2. The third-order valence-corrected chi connectivity index (χ3v) is 9.76. The molecule has 0 radical (unpaired) electrons. The van der Waals surface area contributed by atoms with Crippen molar-refractivity contribution >= 4 is 30.3 Å². The molecule has 0 aliphatic heterocycles. The highest BCUT2D eigenvalue weighted by atomic mass is 35.5. The van der Waals surface area contributed by atoms with Crippen molar-refractivity contribution < 1.29 is 9.53 Å². The van der Waals surface area contributed by atoms with Crippen LogP contribution in [0.1, 0.15) is 27.2 Å². The Labute approximate surface area is 151 Å². The van der Waals surface area contributed by atoms with Gasteiger partial charge in [-0.05, 0) is 21.8 Å². The molecule has 0 bridgehead atoms. The molecule has 0 aliphatic carbocycles. The van der Waals surface area contributed by atoms with Gasteiger partial charge >= 0.3 is 0 Å². The number of halogens is 1. The van der Waals surface area contributed by atoms with Crippen molar-refractivity contribution in [2.45, 2.75) is 38.3 Å². The molecule has 1 unspecified atom stereocenters. The zero-order valence-electron chi connectivity index (χ0n) is 14.7. The van der Waals surface area contributed by atoms with Crippen molar-refractivity contribution in [3.8, 4) is 0 Å². The average molecular weight is 363 g/mol. The van der Waals surface area contributed by atoms with Crippen LogP contribution in [0.25, 0.3) is 0 Å². The SMILES string of the molecule is CC(C)(C)[Si](OCCC(O)CCl)(c1ccccc1)c1ccccc1. The van der Waals surface area contributed by atoms with Crippen LogP contribution in [0.15, 0.2) is 60.7 Å². The number of alkyl halides is 1. The quantitative estimate of drug-likeness (QED) is 0.603. The van der Waals surface area contributed by atoms with E-state index in [0.717, 1.165) is 0 Å². The number of hydrogen-bond donors (Lipinski definition) is 1. The van der Waals surface area contributed by atoms with Crippen LogP contribution in [-0.2, 0) is 4.43 Å². The third-order valence-electron chi connectivity index (χ3n) is 4.36. The summed E-state index contributed by atoms with van der Waals surface area (Å²) >= 11 is 5.73. The van der Waals surface area contributed by atoms with Crippen LogP contribution in [-0.4, -0.2) is 32.0 Å². The molecule has 2 aromatic carbocycles. The van der Waals surface area contributed by atoms with Crippen LogP contribution >= 0.6 is 11.6 Å². The van der Waals surface area contributed by atoms with Crippen LogP contribution < -0.4 is 10.4 Å². The van der Waals surface area contributed by atoms with E-state index >= 15 is 0 Å². The maximum absolute atomic E-state index is 9.80. The monoisotopic (exact) mass is 362 g/mol. The molecule has 0 fully saturated rings. The van der Waals surface area contributed by atoms with Gasteiger partial charge in [-0.15, -0.1) is 11.6 Å². The highest BCUT2D eigenvalue weighted by Crippen LogP contribution is 2.36. The zero-order valence-corrected chi connectivity index (χ0v) is 16.5. The molecule has 0 amide bonds. The van der Waals surface area contributed by atoms with Crippen LogP contribution in [0.4, 0.5) is 0 Å². The normalized spacial score (nSPS) is 13.7. The first-order chi connectivity index (χ1) is 11.4. The van der Waals surface area contributed by atoms with Gasteiger partial charge in [-0.2, -0.15) is 0 Å². The van der Waals surface area contributed by atoms with Crippen molar-refractivity contribution in [1.82, 2.24) is 0 Å². The highest BCUT2D eigenvalue weighted by molar-refractivity contribution is 6.99. The Hall–Kier alpha value is -1.13. The van der Waals surface area contributed by atoms with Gasteiger partial charge in [-0.25, -0.2) is 0 Å². The smallest absolute Gasteiger partial charge is 0.261 e. The summed E-state index contributed by atoms with van der Waals surface area (Å²) in [6.07, 6.45) is 0.0263. The molecule has 130 valence electrons. The Morgan fingerprint density at radius 2 is 1.42 bits per heavy atom. The molecule has 0 aliphatic rings. The van der Waals surface area contributed by atoms with E-state index in [-0.39, 0.29) is 10.9 Å². The lowest BCUT2D eigenvalue weighted by Gasteiger charge is -2.43. The molecule has 0 aromatic heterocycles. The second-order valence-corrected chi connectivity index (χ2v) is 11.7. The van der Waals surface area contributed by atoms with Gasteiger partial charge in [-0.1, -0.05) is 81.4 Å². The summed E-state index contributed by atoms with van der Waals surface area (Å²) < 4.78 is 6.66. The summed E-state index contributed by atoms with van der Waals surface area (Å²) in [5, 5.41) is 12.3. The summed E-state index contributed by atoms with van der Waals surface area (Å²) in [7, 11) is -2.48. The lowest BCUT2D eigenvalue weighted by atomic mass is 10.2. The minimum absolute atomic E-state index is 0.0401. The largest absolute Gasteiger partial charge is 0.407 e. The highest BCUT2D eigenvalue weighted by Gasteiger charge is 2.49. The Balaban J connectivity index is 2.49. The van der Waals surface area contributed by atoms with Crippen LogP contribution in [0.2, 0.25) is 5.04 Å². The zero-order chi connectivity index (χ0) is 17.6. The van der Waals surface area contributed by atoms with Crippen LogP contribution in [0.5, 0.6) is 0 Å². The second-order valence-electron chi connectivity index (χ2n) is 7.11. The van der Waals surface area contributed by atoms with Gasteiger partial charge in [-0.3, -0.25) is 0 Å². The van der Waals surface area contributed by atoms with Crippen LogP contribution in [0.3, 0.4) is 0 Å². The summed E-state index contributed by atoms with van der Waals surface area (Å²) in [5.41, 5.74) is 0. The molecule has 2 aromatic rings. The molecule has 1 N–H and O–H groups in total. The van der Waals surface area contributed by atoms with E-state index in [2.05, 4.69) is 69.3 Å². The van der Waals surface area contributed by atoms with E-state index < -0.39 is 14.4 Å². The topological polar surface area (TPSA) is 29.5 Å². The predicted molar refractivity (Wildman–Crippen MR) is 105 cm³/mol. The lowest BCUT2D eigenvalue weighted by Crippen LogP contribution is -2.66. The fourth-order valence-electron chi connectivity index (χ4n) is 3.19. The fourth-order valence-corrected chi connectivity index (χ4v) is 7.92. The molecular formula is C20H27ClO2Si. The summed E-state index contributed by atoms with van der Waals surface area (Å²) in [6, 6.07) is 21.0. The predicted octanol–water partition coefficient (Wildman–Crippen LogP) is 3.55. The Morgan fingerprint density at radius 3 is 1.79 bits per heavy atom. The molecular weight excluding hydrogens is 336 g/mol. The van der Waals surface area contributed by atoms with Crippen molar-refractivity contribution in [3.05, 3.63) is 60.7 Å². The van der Waals surface area contributed by atoms with Crippen molar-refractivity contribution in [2.24, 2.45) is 0 Å². The first-order valence-corrected chi connectivity index (χ1v) is 10.8. The van der Waals surface area contributed by atoms with Crippen LogP contribution in [0, 0.1) is 0 Å². The Kier molecular flexibility index (Phi) is 6.64. The molecule has 0 saturated carbocycles. The standard InChI is InChI=1S/C20H27ClO2Si/c1-20(2,3)24(18-10-6-4-7-11-18,19-12-8-5-9-13-19)23-15-14-17(22)16-21/h4-13,17,22H,14-16H2,1-3H3. The number of rotatable bonds is 7. The van der Waals surface area contributed by atoms with E-state index in [1.54, 1.807) is 0 Å². The number of aliphatic hydroxyl groups excluding tert-OH is 1. The molecule has 1 atom stereocenters. The van der Waals surface area contributed by atoms with Gasteiger partial charge in [0.1, 0.15) is 0 Å². The van der Waals surface area contributed by atoms with E-state index in [9.17, 15) is 5.11 Å². The fraction of sp³-hybridized carbons (Fsp3) is 0.400. The molecule has 0 heterocycles. The van der Waals surface area contributed by atoms with Gasteiger partial charge in [0.05, 0.1) is 6.10 Å². The summed E-state index contributed by atoms with van der Waals surface area (Å²) in [5.74, 6) is 0.240. The molecule has 4 heteroatoms. The summed E-state index contributed by atoms with van der Waals surface area (Å²) in [6.45, 7) is 7.24. The molecule has 0 saturated heterocycles. The van der Waals surface area contributed by atoms with Gasteiger partial charge in [0.25, 0.3) is 8.32 Å². The van der Waals surface area contributed by atoms with Gasteiger partial charge < -0.3 is 9.53 Å². The first-order valence-electron chi connectivity index (χ1n) is 8.41. The van der Waals surface area contributed by atoms with Crippen molar-refractivity contribution in [3.63, 3.8) is 0 Å². The van der Waals surface area contributed by atoms with Gasteiger partial charge in [0, 0.05) is 12.5 Å².